The molecule has 136 valence electrons. The number of ether oxygens (including phenoxy) is 1. The maximum absolute atomic E-state index is 12.3. The van der Waals surface area contributed by atoms with E-state index in [0.717, 1.165) is 4.88 Å². The first kappa shape index (κ1) is 16.9. The van der Waals surface area contributed by atoms with E-state index in [1.165, 1.54) is 0 Å². The standard InChI is InChI=1S/C18H14N4O4S/c23-16(14-4-1-7-19-14)20-13-6-5-11(17-21-22-18(24)26-17)9-15(13)25-10-12-3-2-8-27-12/h1-9,19H,10H2,(H,20,23)(H,22,24). The molecule has 0 spiro atoms. The average Bonchev–Trinajstić information content (AvgIpc) is 3.43. The second-order valence-electron chi connectivity index (χ2n) is 5.54. The van der Waals surface area contributed by atoms with E-state index in [1.807, 2.05) is 17.5 Å². The largest absolute Gasteiger partial charge is 0.486 e. The van der Waals surface area contributed by atoms with Gasteiger partial charge >= 0.3 is 5.76 Å². The van der Waals surface area contributed by atoms with Gasteiger partial charge in [0.25, 0.3) is 5.91 Å². The van der Waals surface area contributed by atoms with Crippen molar-refractivity contribution in [3.8, 4) is 17.2 Å². The first-order valence-corrected chi connectivity index (χ1v) is 8.87. The van der Waals surface area contributed by atoms with Crippen molar-refractivity contribution >= 4 is 22.9 Å². The number of H-pyrrole nitrogens is 2. The fourth-order valence-electron chi connectivity index (χ4n) is 2.44. The van der Waals surface area contributed by atoms with Crippen LogP contribution < -0.4 is 15.8 Å². The van der Waals surface area contributed by atoms with Crippen LogP contribution in [0.3, 0.4) is 0 Å². The zero-order valence-electron chi connectivity index (χ0n) is 13.9. The summed E-state index contributed by atoms with van der Waals surface area (Å²) >= 11 is 1.57. The van der Waals surface area contributed by atoms with Gasteiger partial charge in [-0.25, -0.2) is 9.89 Å². The number of thiophene rings is 1. The van der Waals surface area contributed by atoms with E-state index in [2.05, 4.69) is 20.5 Å². The van der Waals surface area contributed by atoms with E-state index in [-0.39, 0.29) is 11.8 Å². The molecule has 1 aromatic carbocycles. The van der Waals surface area contributed by atoms with Crippen molar-refractivity contribution in [2.45, 2.75) is 6.61 Å². The lowest BCUT2D eigenvalue weighted by Gasteiger charge is -2.13. The second kappa shape index (κ2) is 7.34. The van der Waals surface area contributed by atoms with E-state index in [4.69, 9.17) is 9.15 Å². The van der Waals surface area contributed by atoms with Gasteiger partial charge in [0.1, 0.15) is 18.1 Å². The lowest BCUT2D eigenvalue weighted by Crippen LogP contribution is -2.13. The van der Waals surface area contributed by atoms with Crippen molar-refractivity contribution in [3.05, 3.63) is 75.2 Å². The van der Waals surface area contributed by atoms with Crippen LogP contribution in [0.4, 0.5) is 5.69 Å². The summed E-state index contributed by atoms with van der Waals surface area (Å²) in [7, 11) is 0. The fourth-order valence-corrected chi connectivity index (χ4v) is 3.05. The lowest BCUT2D eigenvalue weighted by molar-refractivity contribution is 0.102. The topological polar surface area (TPSA) is 113 Å². The second-order valence-corrected chi connectivity index (χ2v) is 6.57. The van der Waals surface area contributed by atoms with Gasteiger partial charge in [-0.15, -0.1) is 16.4 Å². The molecular weight excluding hydrogens is 368 g/mol. The van der Waals surface area contributed by atoms with Gasteiger partial charge in [-0.3, -0.25) is 4.79 Å². The first-order chi connectivity index (χ1) is 13.2. The van der Waals surface area contributed by atoms with Crippen LogP contribution in [0, 0.1) is 0 Å². The highest BCUT2D eigenvalue weighted by atomic mass is 32.1. The Hall–Kier alpha value is -3.59. The maximum Gasteiger partial charge on any atom is 0.434 e. The minimum atomic E-state index is -0.643. The molecule has 0 bridgehead atoms. The highest BCUT2D eigenvalue weighted by Gasteiger charge is 2.14. The molecule has 9 heteroatoms. The van der Waals surface area contributed by atoms with Crippen molar-refractivity contribution in [2.24, 2.45) is 0 Å². The number of benzene rings is 1. The maximum atomic E-state index is 12.3. The zero-order chi connectivity index (χ0) is 18.6. The monoisotopic (exact) mass is 382 g/mol. The van der Waals surface area contributed by atoms with E-state index < -0.39 is 5.76 Å². The Morgan fingerprint density at radius 1 is 1.26 bits per heavy atom. The molecule has 0 aliphatic carbocycles. The summed E-state index contributed by atoms with van der Waals surface area (Å²) in [5.74, 6) is -0.357. The summed E-state index contributed by atoms with van der Waals surface area (Å²) in [6.07, 6.45) is 1.67. The van der Waals surface area contributed by atoms with Gasteiger partial charge in [0.2, 0.25) is 5.89 Å². The van der Waals surface area contributed by atoms with Crippen LogP contribution in [0.2, 0.25) is 0 Å². The molecule has 0 saturated carbocycles. The number of hydrogen-bond acceptors (Lipinski definition) is 6. The summed E-state index contributed by atoms with van der Waals surface area (Å²) in [5, 5.41) is 10.8. The van der Waals surface area contributed by atoms with Gasteiger partial charge in [0, 0.05) is 16.6 Å². The third-order valence-electron chi connectivity index (χ3n) is 3.71. The Morgan fingerprint density at radius 3 is 2.89 bits per heavy atom. The number of carbonyl (C=O) groups is 1. The third kappa shape index (κ3) is 3.82. The Morgan fingerprint density at radius 2 is 2.19 bits per heavy atom. The molecule has 1 amide bonds. The number of aromatic nitrogens is 3. The van der Waals surface area contributed by atoms with E-state index >= 15 is 0 Å². The predicted octanol–water partition coefficient (Wildman–Crippen LogP) is 3.25. The summed E-state index contributed by atoms with van der Waals surface area (Å²) in [6.45, 7) is 0.344. The van der Waals surface area contributed by atoms with Gasteiger partial charge in [0.15, 0.2) is 0 Å². The molecule has 4 aromatic rings. The number of nitrogens with one attached hydrogen (secondary N) is 3. The van der Waals surface area contributed by atoms with Gasteiger partial charge < -0.3 is 19.5 Å². The molecule has 0 radical (unpaired) electrons. The predicted molar refractivity (Wildman–Crippen MR) is 100.0 cm³/mol. The van der Waals surface area contributed by atoms with Gasteiger partial charge in [-0.1, -0.05) is 6.07 Å². The molecule has 3 N–H and O–H groups in total. The van der Waals surface area contributed by atoms with Crippen LogP contribution in [-0.4, -0.2) is 21.1 Å². The normalized spacial score (nSPS) is 10.7. The van der Waals surface area contributed by atoms with Gasteiger partial charge in [0.05, 0.1) is 5.69 Å². The van der Waals surface area contributed by atoms with Crippen molar-refractivity contribution in [1.29, 1.82) is 0 Å². The summed E-state index contributed by atoms with van der Waals surface area (Å²) in [6, 6.07) is 12.3. The highest BCUT2D eigenvalue weighted by molar-refractivity contribution is 7.09. The zero-order valence-corrected chi connectivity index (χ0v) is 14.7. The molecule has 0 atom stereocenters. The first-order valence-electron chi connectivity index (χ1n) is 7.99. The van der Waals surface area contributed by atoms with Crippen LogP contribution in [0.1, 0.15) is 15.4 Å². The number of nitrogens with zero attached hydrogens (tertiary/aromatic N) is 1. The molecule has 27 heavy (non-hydrogen) atoms. The third-order valence-corrected chi connectivity index (χ3v) is 4.56. The number of anilines is 1. The van der Waals surface area contributed by atoms with Crippen molar-refractivity contribution in [1.82, 2.24) is 15.2 Å². The average molecular weight is 382 g/mol. The molecular formula is C18H14N4O4S. The number of carbonyl (C=O) groups excluding carboxylic acids is 1. The van der Waals surface area contributed by atoms with E-state index in [1.54, 1.807) is 47.9 Å². The molecule has 3 aromatic heterocycles. The van der Waals surface area contributed by atoms with E-state index in [9.17, 15) is 9.59 Å². The Balaban J connectivity index is 1.63. The molecule has 3 heterocycles. The van der Waals surface area contributed by atoms with Crippen LogP contribution in [-0.2, 0) is 6.61 Å². The Bertz CT molecular complexity index is 1100. The van der Waals surface area contributed by atoms with E-state index in [0.29, 0.717) is 29.3 Å². The summed E-state index contributed by atoms with van der Waals surface area (Å²) in [5.41, 5.74) is 1.47. The molecule has 0 aliphatic heterocycles. The summed E-state index contributed by atoms with van der Waals surface area (Å²) in [4.78, 5) is 27.4. The summed E-state index contributed by atoms with van der Waals surface area (Å²) < 4.78 is 10.9. The van der Waals surface area contributed by atoms with Crippen LogP contribution in [0.5, 0.6) is 5.75 Å². The number of amides is 1. The number of aromatic amines is 2. The van der Waals surface area contributed by atoms with Crippen LogP contribution in [0.15, 0.2) is 63.3 Å². The van der Waals surface area contributed by atoms with Crippen LogP contribution in [0.25, 0.3) is 11.5 Å². The van der Waals surface area contributed by atoms with Crippen molar-refractivity contribution in [2.75, 3.05) is 5.32 Å². The van der Waals surface area contributed by atoms with Crippen LogP contribution >= 0.6 is 11.3 Å². The van der Waals surface area contributed by atoms with Gasteiger partial charge in [-0.05, 0) is 41.8 Å². The number of hydrogen-bond donors (Lipinski definition) is 3. The minimum Gasteiger partial charge on any atom is -0.486 e. The minimum absolute atomic E-state index is 0.142. The Labute approximate surface area is 156 Å². The molecule has 0 fully saturated rings. The number of rotatable bonds is 6. The molecule has 0 unspecified atom stereocenters. The quantitative estimate of drug-likeness (QED) is 0.474. The van der Waals surface area contributed by atoms with Crippen molar-refractivity contribution < 1.29 is 13.9 Å². The van der Waals surface area contributed by atoms with Crippen molar-refractivity contribution in [3.63, 3.8) is 0 Å². The van der Waals surface area contributed by atoms with Gasteiger partial charge in [-0.2, -0.15) is 0 Å². The fraction of sp³-hybridized carbons (Fsp3) is 0.0556. The lowest BCUT2D eigenvalue weighted by atomic mass is 10.2. The molecule has 0 saturated heterocycles. The Kier molecular flexibility index (Phi) is 4.58. The smallest absolute Gasteiger partial charge is 0.434 e. The highest BCUT2D eigenvalue weighted by Crippen LogP contribution is 2.31. The molecule has 0 aliphatic rings. The molecule has 8 nitrogen and oxygen atoms in total. The molecule has 4 rings (SSSR count). The SMILES string of the molecule is O=C(Nc1ccc(-c2n[nH]c(=O)o2)cc1OCc1cccs1)c1ccc[nH]1.